The summed E-state index contributed by atoms with van der Waals surface area (Å²) >= 11 is 0. The van der Waals surface area contributed by atoms with Crippen molar-refractivity contribution in [3.63, 3.8) is 0 Å². The van der Waals surface area contributed by atoms with E-state index < -0.39 is 36.4 Å². The molecule has 1 aromatic rings. The number of piperazine rings is 1. The minimum atomic E-state index is -5.08. The van der Waals surface area contributed by atoms with Crippen LogP contribution in [-0.4, -0.2) is 131 Å². The van der Waals surface area contributed by atoms with E-state index in [1.165, 1.54) is 39.0 Å². The lowest BCUT2D eigenvalue weighted by Crippen LogP contribution is -2.54. The highest BCUT2D eigenvalue weighted by molar-refractivity contribution is 5.73. The van der Waals surface area contributed by atoms with E-state index in [1.54, 1.807) is 0 Å². The fraction of sp³-hybridized carbons (Fsp3) is 0.720. The van der Waals surface area contributed by atoms with Gasteiger partial charge in [-0.1, -0.05) is 6.92 Å². The van der Waals surface area contributed by atoms with E-state index in [9.17, 15) is 39.5 Å². The number of hydrogen-bond donors (Lipinski definition) is 3. The van der Waals surface area contributed by atoms with Gasteiger partial charge in [0.25, 0.3) is 0 Å². The van der Waals surface area contributed by atoms with Crippen LogP contribution in [0.5, 0.6) is 0 Å². The molecule has 3 atom stereocenters. The summed E-state index contributed by atoms with van der Waals surface area (Å²) in [5.74, 6) is -6.07. The number of nitrogens with zero attached hydrogens (tertiary/aromatic N) is 3. The molecule has 4 rings (SSSR count). The Labute approximate surface area is 251 Å². The van der Waals surface area contributed by atoms with Gasteiger partial charge in [-0.25, -0.2) is 14.4 Å². The number of aliphatic carboxylic acids is 3. The summed E-state index contributed by atoms with van der Waals surface area (Å²) in [6.07, 6.45) is -11.5. The van der Waals surface area contributed by atoms with E-state index in [-0.39, 0.29) is 0 Å². The quantitative estimate of drug-likeness (QED) is 0.402. The molecule has 0 unspecified atom stereocenters. The molecule has 3 N–H and O–H groups in total. The molecule has 3 saturated heterocycles. The Morgan fingerprint density at radius 2 is 1.24 bits per heavy atom. The minimum Gasteiger partial charge on any atom is -0.475 e. The highest BCUT2D eigenvalue weighted by Crippen LogP contribution is 2.33. The van der Waals surface area contributed by atoms with Gasteiger partial charge in [-0.3, -0.25) is 9.80 Å². The molecule has 0 aromatic carbocycles. The topological polar surface area (TPSA) is 144 Å². The van der Waals surface area contributed by atoms with Crippen LogP contribution >= 0.6 is 0 Å². The summed E-state index contributed by atoms with van der Waals surface area (Å²) in [5.41, 5.74) is 0. The average Bonchev–Trinajstić information content (AvgIpc) is 3.53. The Kier molecular flexibility index (Phi) is 15.1. The van der Waals surface area contributed by atoms with Crippen LogP contribution < -0.4 is 0 Å². The van der Waals surface area contributed by atoms with Gasteiger partial charge in [0.15, 0.2) is 0 Å². The van der Waals surface area contributed by atoms with Crippen molar-refractivity contribution in [3.05, 3.63) is 23.7 Å². The zero-order chi connectivity index (χ0) is 34.8. The predicted octanol–water partition coefficient (Wildman–Crippen LogP) is 3.72. The molecular weight excluding hydrogens is 641 g/mol. The zero-order valence-electron chi connectivity index (χ0n) is 24.1. The van der Waals surface area contributed by atoms with Crippen molar-refractivity contribution in [3.8, 4) is 0 Å². The molecule has 11 nitrogen and oxygen atoms in total. The van der Waals surface area contributed by atoms with Gasteiger partial charge in [-0.15, -0.1) is 0 Å². The maximum absolute atomic E-state index is 10.6. The minimum absolute atomic E-state index is 0.378. The number of likely N-dealkylation sites (tertiary alicyclic amines) is 1. The van der Waals surface area contributed by atoms with E-state index in [4.69, 9.17) is 38.9 Å². The number of furan rings is 1. The number of carboxylic acids is 3. The molecule has 0 saturated carbocycles. The van der Waals surface area contributed by atoms with E-state index in [1.807, 2.05) is 0 Å². The highest BCUT2D eigenvalue weighted by Gasteiger charge is 2.47. The van der Waals surface area contributed by atoms with Gasteiger partial charge in [0.1, 0.15) is 11.5 Å². The van der Waals surface area contributed by atoms with Crippen LogP contribution in [0.3, 0.4) is 0 Å². The number of ether oxygens (including phenoxy) is 1. The summed E-state index contributed by atoms with van der Waals surface area (Å²) in [6.45, 7) is 9.80. The van der Waals surface area contributed by atoms with Gasteiger partial charge in [0, 0.05) is 51.8 Å². The van der Waals surface area contributed by atoms with Crippen molar-refractivity contribution in [2.75, 3.05) is 46.4 Å². The lowest BCUT2D eigenvalue weighted by Gasteiger charge is -2.39. The van der Waals surface area contributed by atoms with Crippen LogP contribution in [0.1, 0.15) is 31.3 Å². The second-order valence-corrected chi connectivity index (χ2v) is 10.0. The number of fused-ring (bicyclic) bond motifs is 1. The summed E-state index contributed by atoms with van der Waals surface area (Å²) in [7, 11) is 2.22. The van der Waals surface area contributed by atoms with Crippen LogP contribution in [0, 0.1) is 0 Å². The van der Waals surface area contributed by atoms with Crippen molar-refractivity contribution in [1.29, 1.82) is 0 Å². The number of aryl methyl sites for hydroxylation is 1. The third kappa shape index (κ3) is 13.8. The standard InChI is InChI=1S/C19H31N3O2.3C2HF3O2/c1-3-15-6-7-16(24-15)13-22-14-18(19-17(22)5-4-12-23-19)21-10-8-20(2)9-11-21;3*3-2(4,5)1(6)7/h6-7,17-19H,3-5,8-14H2,1-2H3;3*(H,6,7)/t17-,18-,19+;;;/m0.../s1. The molecule has 3 fully saturated rings. The van der Waals surface area contributed by atoms with Gasteiger partial charge < -0.3 is 29.4 Å². The van der Waals surface area contributed by atoms with E-state index in [0.29, 0.717) is 18.2 Å². The van der Waals surface area contributed by atoms with Crippen LogP contribution in [-0.2, 0) is 32.1 Å². The first-order chi connectivity index (χ1) is 20.6. The number of likely N-dealkylation sites (N-methyl/N-ethyl adjacent to an activating group) is 1. The lowest BCUT2D eigenvalue weighted by atomic mass is 9.99. The van der Waals surface area contributed by atoms with Gasteiger partial charge in [-0.05, 0) is 32.0 Å². The zero-order valence-corrected chi connectivity index (χ0v) is 24.1. The molecule has 20 heteroatoms. The van der Waals surface area contributed by atoms with E-state index in [2.05, 4.69) is 40.8 Å². The van der Waals surface area contributed by atoms with E-state index >= 15 is 0 Å². The van der Waals surface area contributed by atoms with Gasteiger partial charge in [0.2, 0.25) is 0 Å². The fourth-order valence-electron chi connectivity index (χ4n) is 4.58. The molecule has 3 aliphatic heterocycles. The van der Waals surface area contributed by atoms with Crippen molar-refractivity contribution < 1.29 is 78.4 Å². The smallest absolute Gasteiger partial charge is 0.475 e. The Morgan fingerprint density at radius 1 is 0.800 bits per heavy atom. The summed E-state index contributed by atoms with van der Waals surface area (Å²) in [6, 6.07) is 5.38. The molecule has 45 heavy (non-hydrogen) atoms. The number of carboxylic acid groups (broad SMARTS) is 3. The Hall–Kier alpha value is -3.10. The van der Waals surface area contributed by atoms with E-state index in [0.717, 1.165) is 37.6 Å². The summed E-state index contributed by atoms with van der Waals surface area (Å²) in [5, 5.41) is 21.4. The highest BCUT2D eigenvalue weighted by atomic mass is 19.4. The Balaban J connectivity index is 0.000000396. The Bertz CT molecular complexity index is 1030. The molecule has 4 heterocycles. The Morgan fingerprint density at radius 3 is 1.64 bits per heavy atom. The molecule has 0 aliphatic carbocycles. The number of rotatable bonds is 4. The first-order valence-electron chi connectivity index (χ1n) is 13.3. The maximum Gasteiger partial charge on any atom is 0.490 e. The third-order valence-electron chi connectivity index (χ3n) is 6.76. The van der Waals surface area contributed by atoms with Gasteiger partial charge in [-0.2, -0.15) is 39.5 Å². The molecule has 0 amide bonds. The molecular formula is C25H34F9N3O8. The largest absolute Gasteiger partial charge is 0.490 e. The lowest BCUT2D eigenvalue weighted by molar-refractivity contribution is -0.193. The van der Waals surface area contributed by atoms with Crippen molar-refractivity contribution in [1.82, 2.24) is 14.7 Å². The number of carbonyl (C=O) groups is 3. The van der Waals surface area contributed by atoms with Crippen LogP contribution in [0.25, 0.3) is 0 Å². The van der Waals surface area contributed by atoms with Gasteiger partial charge >= 0.3 is 36.4 Å². The van der Waals surface area contributed by atoms with Crippen molar-refractivity contribution >= 4 is 17.9 Å². The first-order valence-corrected chi connectivity index (χ1v) is 13.3. The number of halogens is 9. The molecule has 0 spiro atoms. The first kappa shape index (κ1) is 39.9. The van der Waals surface area contributed by atoms with Crippen LogP contribution in [0.4, 0.5) is 39.5 Å². The summed E-state index contributed by atoms with van der Waals surface area (Å²) in [4.78, 5) is 34.4. The van der Waals surface area contributed by atoms with Crippen LogP contribution in [0.15, 0.2) is 16.5 Å². The SMILES string of the molecule is CCc1ccc(CN2C[C@H](N3CCN(C)CC3)[C@@H]3OCCC[C@@H]32)o1.O=C(O)C(F)(F)F.O=C(O)C(F)(F)F.O=C(O)C(F)(F)F. The molecule has 3 aliphatic rings. The van der Waals surface area contributed by atoms with Crippen molar-refractivity contribution in [2.45, 2.75) is 69.4 Å². The maximum atomic E-state index is 10.6. The second kappa shape index (κ2) is 17.0. The predicted molar refractivity (Wildman–Crippen MR) is 135 cm³/mol. The number of alkyl halides is 9. The normalized spacial score (nSPS) is 22.9. The number of hydrogen-bond acceptors (Lipinski definition) is 8. The second-order valence-electron chi connectivity index (χ2n) is 10.0. The summed E-state index contributed by atoms with van der Waals surface area (Å²) < 4.78 is 107. The fourth-order valence-corrected chi connectivity index (χ4v) is 4.58. The molecule has 260 valence electrons. The molecule has 0 bridgehead atoms. The molecule has 1 aromatic heterocycles. The van der Waals surface area contributed by atoms with Crippen molar-refractivity contribution in [2.24, 2.45) is 0 Å². The molecule has 0 radical (unpaired) electrons. The third-order valence-corrected chi connectivity index (χ3v) is 6.76. The van der Waals surface area contributed by atoms with Crippen LogP contribution in [0.2, 0.25) is 0 Å². The average molecular weight is 676 g/mol. The van der Waals surface area contributed by atoms with Gasteiger partial charge in [0.05, 0.1) is 18.7 Å². The monoisotopic (exact) mass is 675 g/mol.